The van der Waals surface area contributed by atoms with Crippen LogP contribution in [0.5, 0.6) is 0 Å². The Labute approximate surface area is 119 Å². The molecule has 7 nitrogen and oxygen atoms in total. The first-order valence-electron chi connectivity index (χ1n) is 5.82. The van der Waals surface area contributed by atoms with Crippen molar-refractivity contribution in [2.75, 3.05) is 5.32 Å². The molecule has 0 fully saturated rings. The summed E-state index contributed by atoms with van der Waals surface area (Å²) in [5.41, 5.74) is 1.96. The van der Waals surface area contributed by atoms with E-state index in [1.54, 1.807) is 16.3 Å². The van der Waals surface area contributed by atoms with E-state index in [0.29, 0.717) is 11.5 Å². The van der Waals surface area contributed by atoms with Gasteiger partial charge in [-0.15, -0.1) is 11.3 Å². The van der Waals surface area contributed by atoms with Crippen LogP contribution in [0.25, 0.3) is 0 Å². The first kappa shape index (κ1) is 14.1. The molecule has 0 spiro atoms. The van der Waals surface area contributed by atoms with Crippen molar-refractivity contribution in [1.82, 2.24) is 15.1 Å². The van der Waals surface area contributed by atoms with E-state index in [-0.39, 0.29) is 5.56 Å². The largest absolute Gasteiger partial charge is 0.478 e. The van der Waals surface area contributed by atoms with E-state index in [1.807, 2.05) is 14.0 Å². The highest BCUT2D eigenvalue weighted by Crippen LogP contribution is 2.22. The fourth-order valence-corrected chi connectivity index (χ4v) is 2.39. The molecule has 2 aromatic heterocycles. The second-order valence-corrected chi connectivity index (χ2v) is 5.07. The van der Waals surface area contributed by atoms with E-state index in [2.05, 4.69) is 15.7 Å². The van der Waals surface area contributed by atoms with Crippen LogP contribution < -0.4 is 10.6 Å². The topological polar surface area (TPSA) is 96.2 Å². The van der Waals surface area contributed by atoms with Gasteiger partial charge in [0.2, 0.25) is 0 Å². The minimum atomic E-state index is -1.07. The lowest BCUT2D eigenvalue weighted by Crippen LogP contribution is -2.28. The number of hydrogen-bond acceptors (Lipinski definition) is 4. The molecule has 0 radical (unpaired) electrons. The molecule has 0 aliphatic heterocycles. The summed E-state index contributed by atoms with van der Waals surface area (Å²) in [6.07, 6.45) is 1.68. The molecule has 0 aromatic carbocycles. The smallest absolute Gasteiger partial charge is 0.338 e. The zero-order chi connectivity index (χ0) is 14.7. The number of thiophene rings is 1. The number of aromatic carboxylic acids is 1. The van der Waals surface area contributed by atoms with Crippen molar-refractivity contribution in [1.29, 1.82) is 0 Å². The molecular weight excluding hydrogens is 280 g/mol. The molecule has 0 aliphatic carbocycles. The fraction of sp³-hybridized carbons (Fsp3) is 0.250. The molecule has 2 amide bonds. The van der Waals surface area contributed by atoms with Gasteiger partial charge in [0, 0.05) is 24.8 Å². The number of nitrogens with one attached hydrogen (secondary N) is 2. The van der Waals surface area contributed by atoms with Gasteiger partial charge in [-0.2, -0.15) is 5.10 Å². The first-order valence-corrected chi connectivity index (χ1v) is 6.70. The third-order valence-corrected chi connectivity index (χ3v) is 3.73. The molecule has 0 saturated carbocycles. The van der Waals surface area contributed by atoms with Crippen LogP contribution in [0.1, 0.15) is 21.6 Å². The number of hydrogen-bond donors (Lipinski definition) is 3. The number of aromatic nitrogens is 2. The van der Waals surface area contributed by atoms with E-state index in [4.69, 9.17) is 5.11 Å². The molecule has 2 rings (SSSR count). The Hall–Kier alpha value is -2.35. The molecule has 0 aliphatic rings. The maximum Gasteiger partial charge on any atom is 0.338 e. The summed E-state index contributed by atoms with van der Waals surface area (Å²) >= 11 is 1.17. The lowest BCUT2D eigenvalue weighted by atomic mass is 10.2. The van der Waals surface area contributed by atoms with Gasteiger partial charge in [0.25, 0.3) is 0 Å². The number of carbonyl (C=O) groups is 2. The molecule has 106 valence electrons. The summed E-state index contributed by atoms with van der Waals surface area (Å²) in [6, 6.07) is 1.01. The maximum absolute atomic E-state index is 11.7. The Kier molecular flexibility index (Phi) is 4.04. The first-order chi connectivity index (χ1) is 9.49. The average Bonchev–Trinajstić information content (AvgIpc) is 2.97. The molecule has 2 heterocycles. The molecule has 3 N–H and O–H groups in total. The molecule has 2 aromatic rings. The Balaban J connectivity index is 1.94. The van der Waals surface area contributed by atoms with Crippen molar-refractivity contribution < 1.29 is 14.7 Å². The van der Waals surface area contributed by atoms with E-state index < -0.39 is 12.0 Å². The number of carboxylic acid groups (broad SMARTS) is 1. The lowest BCUT2D eigenvalue weighted by Gasteiger charge is -2.06. The van der Waals surface area contributed by atoms with Crippen LogP contribution in [0, 0.1) is 6.92 Å². The van der Waals surface area contributed by atoms with Gasteiger partial charge >= 0.3 is 12.0 Å². The van der Waals surface area contributed by atoms with Crippen LogP contribution in [0.3, 0.4) is 0 Å². The third kappa shape index (κ3) is 2.97. The Morgan fingerprint density at radius 1 is 1.50 bits per heavy atom. The second kappa shape index (κ2) is 5.74. The van der Waals surface area contributed by atoms with Crippen molar-refractivity contribution in [3.8, 4) is 0 Å². The number of amides is 2. The van der Waals surface area contributed by atoms with Crippen molar-refractivity contribution >= 4 is 28.3 Å². The average molecular weight is 294 g/mol. The second-order valence-electron chi connectivity index (χ2n) is 4.16. The SMILES string of the molecule is Cc1c(CNC(=O)Nc2sccc2C(=O)O)cnn1C. The highest BCUT2D eigenvalue weighted by Gasteiger charge is 2.14. The van der Waals surface area contributed by atoms with Gasteiger partial charge in [0.1, 0.15) is 5.00 Å². The minimum absolute atomic E-state index is 0.0858. The lowest BCUT2D eigenvalue weighted by molar-refractivity contribution is 0.0698. The Morgan fingerprint density at radius 2 is 2.25 bits per heavy atom. The van der Waals surface area contributed by atoms with Crippen LogP contribution in [0.4, 0.5) is 9.80 Å². The van der Waals surface area contributed by atoms with Gasteiger partial charge in [-0.05, 0) is 18.4 Å². The third-order valence-electron chi connectivity index (χ3n) is 2.90. The Morgan fingerprint density at radius 3 is 2.85 bits per heavy atom. The van der Waals surface area contributed by atoms with Crippen molar-refractivity contribution in [3.05, 3.63) is 34.5 Å². The normalized spacial score (nSPS) is 10.3. The van der Waals surface area contributed by atoms with Crippen LogP contribution >= 0.6 is 11.3 Å². The monoisotopic (exact) mass is 294 g/mol. The summed E-state index contributed by atoms with van der Waals surface area (Å²) in [7, 11) is 1.82. The number of anilines is 1. The van der Waals surface area contributed by atoms with Crippen LogP contribution in [-0.2, 0) is 13.6 Å². The van der Waals surface area contributed by atoms with Crippen LogP contribution in [-0.4, -0.2) is 26.9 Å². The molecule has 0 bridgehead atoms. The van der Waals surface area contributed by atoms with Gasteiger partial charge in [-0.1, -0.05) is 0 Å². The zero-order valence-electron chi connectivity index (χ0n) is 11.0. The van der Waals surface area contributed by atoms with Gasteiger partial charge in [0.15, 0.2) is 0 Å². The fourth-order valence-electron chi connectivity index (χ4n) is 1.61. The quantitative estimate of drug-likeness (QED) is 0.801. The number of carboxylic acids is 1. The van der Waals surface area contributed by atoms with Gasteiger partial charge in [-0.3, -0.25) is 10.00 Å². The highest BCUT2D eigenvalue weighted by atomic mass is 32.1. The summed E-state index contributed by atoms with van der Waals surface area (Å²) < 4.78 is 1.72. The number of aryl methyl sites for hydroxylation is 1. The molecule has 0 unspecified atom stereocenters. The van der Waals surface area contributed by atoms with E-state index in [9.17, 15) is 9.59 Å². The summed E-state index contributed by atoms with van der Waals surface area (Å²) in [5.74, 6) is -1.07. The number of urea groups is 1. The summed E-state index contributed by atoms with van der Waals surface area (Å²) in [6.45, 7) is 2.24. The summed E-state index contributed by atoms with van der Waals surface area (Å²) in [5, 5.41) is 20.1. The minimum Gasteiger partial charge on any atom is -0.478 e. The van der Waals surface area contributed by atoms with Crippen molar-refractivity contribution in [2.24, 2.45) is 7.05 Å². The molecule has 0 atom stereocenters. The highest BCUT2D eigenvalue weighted by molar-refractivity contribution is 7.14. The number of rotatable bonds is 4. The van der Waals surface area contributed by atoms with Crippen LogP contribution in [0.2, 0.25) is 0 Å². The number of nitrogens with zero attached hydrogens (tertiary/aromatic N) is 2. The summed E-state index contributed by atoms with van der Waals surface area (Å²) in [4.78, 5) is 22.7. The van der Waals surface area contributed by atoms with Gasteiger partial charge in [-0.25, -0.2) is 9.59 Å². The molecular formula is C12H14N4O3S. The number of carbonyl (C=O) groups excluding carboxylic acids is 1. The van der Waals surface area contributed by atoms with Gasteiger partial charge in [0.05, 0.1) is 11.8 Å². The predicted molar refractivity (Wildman–Crippen MR) is 75.1 cm³/mol. The zero-order valence-corrected chi connectivity index (χ0v) is 11.8. The van der Waals surface area contributed by atoms with Crippen molar-refractivity contribution in [2.45, 2.75) is 13.5 Å². The Bertz CT molecular complexity index is 647. The predicted octanol–water partition coefficient (Wildman–Crippen LogP) is 1.81. The molecule has 8 heteroatoms. The standard InChI is InChI=1S/C12H14N4O3S/c1-7-8(6-14-16(7)2)5-13-12(19)15-10-9(11(17)18)3-4-20-10/h3-4,6H,5H2,1-2H3,(H,17,18)(H2,13,15,19). The maximum atomic E-state index is 11.7. The van der Waals surface area contributed by atoms with Gasteiger partial charge < -0.3 is 10.4 Å². The van der Waals surface area contributed by atoms with Crippen molar-refractivity contribution in [3.63, 3.8) is 0 Å². The van der Waals surface area contributed by atoms with Crippen LogP contribution in [0.15, 0.2) is 17.6 Å². The van der Waals surface area contributed by atoms with E-state index in [1.165, 1.54) is 17.4 Å². The van der Waals surface area contributed by atoms with E-state index in [0.717, 1.165) is 11.3 Å². The van der Waals surface area contributed by atoms with E-state index >= 15 is 0 Å². The molecule has 0 saturated heterocycles. The molecule has 20 heavy (non-hydrogen) atoms.